The molecule has 0 saturated heterocycles. The molecule has 5 rings (SSSR count). The maximum atomic E-state index is 4.16. The number of hydrogen-bond acceptors (Lipinski definition) is 2. The summed E-state index contributed by atoms with van der Waals surface area (Å²) in [5.41, 5.74) is 6.87. The van der Waals surface area contributed by atoms with Crippen LogP contribution >= 0.6 is 0 Å². The Labute approximate surface area is 178 Å². The molecule has 4 aromatic rings. The van der Waals surface area contributed by atoms with Gasteiger partial charge in [-0.2, -0.15) is 0 Å². The summed E-state index contributed by atoms with van der Waals surface area (Å²) < 4.78 is 0. The van der Waals surface area contributed by atoms with Crippen LogP contribution in [0.4, 0.5) is 5.69 Å². The number of aromatic amines is 1. The van der Waals surface area contributed by atoms with Crippen LogP contribution < -0.4 is 5.32 Å². The Hall–Kier alpha value is -3.07. The summed E-state index contributed by atoms with van der Waals surface area (Å²) in [6.07, 6.45) is 10.8. The van der Waals surface area contributed by atoms with Gasteiger partial charge in [-0.1, -0.05) is 36.4 Å². The molecule has 2 aromatic heterocycles. The highest BCUT2D eigenvalue weighted by Crippen LogP contribution is 2.38. The summed E-state index contributed by atoms with van der Waals surface area (Å²) in [7, 11) is 0. The number of anilines is 1. The third kappa shape index (κ3) is 4.11. The number of aryl methyl sites for hydroxylation is 2. The summed E-state index contributed by atoms with van der Waals surface area (Å²) in [6, 6.07) is 24.3. The zero-order chi connectivity index (χ0) is 20.2. The molecular weight excluding hydrogens is 366 g/mol. The van der Waals surface area contributed by atoms with Gasteiger partial charge in [-0.25, -0.2) is 0 Å². The van der Waals surface area contributed by atoms with Crippen molar-refractivity contribution in [3.05, 3.63) is 95.9 Å². The number of rotatable bonds is 6. The van der Waals surface area contributed by atoms with Crippen LogP contribution in [0.1, 0.15) is 48.4 Å². The van der Waals surface area contributed by atoms with E-state index in [1.807, 2.05) is 12.4 Å². The lowest BCUT2D eigenvalue weighted by Crippen LogP contribution is -2.25. The van der Waals surface area contributed by atoms with Crippen molar-refractivity contribution >= 4 is 16.6 Å². The topological polar surface area (TPSA) is 40.7 Å². The normalized spacial score (nSPS) is 19.1. The van der Waals surface area contributed by atoms with Crippen molar-refractivity contribution in [3.63, 3.8) is 0 Å². The van der Waals surface area contributed by atoms with E-state index in [1.54, 1.807) is 0 Å². The van der Waals surface area contributed by atoms with Gasteiger partial charge in [0.2, 0.25) is 0 Å². The van der Waals surface area contributed by atoms with Gasteiger partial charge in [-0.05, 0) is 85.9 Å². The number of fused-ring (bicyclic) bond motifs is 1. The first-order valence-electron chi connectivity index (χ1n) is 11.2. The molecule has 0 unspecified atom stereocenters. The monoisotopic (exact) mass is 395 g/mol. The van der Waals surface area contributed by atoms with E-state index in [0.29, 0.717) is 12.0 Å². The van der Waals surface area contributed by atoms with E-state index in [4.69, 9.17) is 0 Å². The van der Waals surface area contributed by atoms with Crippen LogP contribution in [0.5, 0.6) is 0 Å². The van der Waals surface area contributed by atoms with Gasteiger partial charge in [0.1, 0.15) is 0 Å². The fourth-order valence-electron chi connectivity index (χ4n) is 4.95. The Kier molecular flexibility index (Phi) is 5.52. The van der Waals surface area contributed by atoms with E-state index in [0.717, 1.165) is 12.8 Å². The third-order valence-corrected chi connectivity index (χ3v) is 6.54. The lowest BCUT2D eigenvalue weighted by atomic mass is 9.82. The largest absolute Gasteiger partial charge is 0.382 e. The van der Waals surface area contributed by atoms with Crippen LogP contribution in [0, 0.1) is 0 Å². The van der Waals surface area contributed by atoms with Crippen molar-refractivity contribution in [1.82, 2.24) is 9.97 Å². The number of H-pyrrole nitrogens is 1. The number of para-hydroxylation sites is 2. The van der Waals surface area contributed by atoms with E-state index in [2.05, 4.69) is 82.0 Å². The number of hydrogen-bond donors (Lipinski definition) is 2. The van der Waals surface area contributed by atoms with Gasteiger partial charge in [0.05, 0.1) is 0 Å². The van der Waals surface area contributed by atoms with Gasteiger partial charge in [-0.15, -0.1) is 0 Å². The molecule has 0 atom stereocenters. The Morgan fingerprint density at radius 3 is 2.33 bits per heavy atom. The molecule has 3 heteroatoms. The average molecular weight is 396 g/mol. The van der Waals surface area contributed by atoms with E-state index < -0.39 is 0 Å². The second-order valence-electron chi connectivity index (χ2n) is 8.48. The molecule has 2 heterocycles. The van der Waals surface area contributed by atoms with Crippen LogP contribution in [-0.2, 0) is 12.8 Å². The molecule has 2 N–H and O–H groups in total. The van der Waals surface area contributed by atoms with Crippen LogP contribution in [-0.4, -0.2) is 16.0 Å². The maximum absolute atomic E-state index is 4.16. The standard InChI is InChI=1S/C27H29N3/c1-2-6-22(7-3-1)29-23-13-11-21(12-14-23)27-25(15-10-20-16-18-28-19-17-20)24-8-4-5-9-26(24)30-27/h1-9,16-19,21,23,29-30H,10-15H2. The SMILES string of the molecule is c1ccc(NC2CCC(c3[nH]c4ccccc4c3CCc3ccncc3)CC2)cc1. The van der Waals surface area contributed by atoms with E-state index in [9.17, 15) is 0 Å². The first-order valence-corrected chi connectivity index (χ1v) is 11.2. The lowest BCUT2D eigenvalue weighted by molar-refractivity contribution is 0.406. The van der Waals surface area contributed by atoms with Gasteiger partial charge in [0.25, 0.3) is 0 Å². The van der Waals surface area contributed by atoms with E-state index >= 15 is 0 Å². The number of nitrogens with one attached hydrogen (secondary N) is 2. The fraction of sp³-hybridized carbons (Fsp3) is 0.296. The number of nitrogens with zero attached hydrogens (tertiary/aromatic N) is 1. The van der Waals surface area contributed by atoms with Gasteiger partial charge < -0.3 is 10.3 Å². The second-order valence-corrected chi connectivity index (χ2v) is 8.48. The molecule has 3 nitrogen and oxygen atoms in total. The highest BCUT2D eigenvalue weighted by Gasteiger charge is 2.26. The van der Waals surface area contributed by atoms with Gasteiger partial charge in [0.15, 0.2) is 0 Å². The quantitative estimate of drug-likeness (QED) is 0.392. The smallest absolute Gasteiger partial charge is 0.0459 e. The van der Waals surface area contributed by atoms with Crippen molar-refractivity contribution in [2.75, 3.05) is 5.32 Å². The summed E-state index contributed by atoms with van der Waals surface area (Å²) in [4.78, 5) is 7.96. The zero-order valence-corrected chi connectivity index (χ0v) is 17.4. The Balaban J connectivity index is 1.33. The van der Waals surface area contributed by atoms with Crippen LogP contribution in [0.3, 0.4) is 0 Å². The number of pyridine rings is 1. The molecule has 0 spiro atoms. The van der Waals surface area contributed by atoms with Gasteiger partial charge in [-0.3, -0.25) is 4.98 Å². The first kappa shape index (κ1) is 18.9. The lowest BCUT2D eigenvalue weighted by Gasteiger charge is -2.30. The minimum Gasteiger partial charge on any atom is -0.382 e. The molecule has 0 aliphatic heterocycles. The molecule has 1 aliphatic rings. The maximum Gasteiger partial charge on any atom is 0.0459 e. The Morgan fingerprint density at radius 2 is 1.53 bits per heavy atom. The Morgan fingerprint density at radius 1 is 0.800 bits per heavy atom. The highest BCUT2D eigenvalue weighted by atomic mass is 14.9. The van der Waals surface area contributed by atoms with Crippen molar-refractivity contribution in [1.29, 1.82) is 0 Å². The van der Waals surface area contributed by atoms with Crippen molar-refractivity contribution in [3.8, 4) is 0 Å². The molecule has 30 heavy (non-hydrogen) atoms. The average Bonchev–Trinajstić information content (AvgIpc) is 3.18. The molecule has 2 aromatic carbocycles. The molecule has 1 saturated carbocycles. The van der Waals surface area contributed by atoms with Crippen LogP contribution in [0.2, 0.25) is 0 Å². The van der Waals surface area contributed by atoms with Crippen LogP contribution in [0.15, 0.2) is 79.1 Å². The summed E-state index contributed by atoms with van der Waals surface area (Å²) >= 11 is 0. The minimum atomic E-state index is 0.577. The highest BCUT2D eigenvalue weighted by molar-refractivity contribution is 5.85. The molecular formula is C27H29N3. The minimum absolute atomic E-state index is 0.577. The Bertz CT molecular complexity index is 1080. The molecule has 1 fully saturated rings. The van der Waals surface area contributed by atoms with Gasteiger partial charge >= 0.3 is 0 Å². The molecule has 0 bridgehead atoms. The number of aromatic nitrogens is 2. The summed E-state index contributed by atoms with van der Waals surface area (Å²) in [5.74, 6) is 0.624. The first-order chi connectivity index (χ1) is 14.9. The summed E-state index contributed by atoms with van der Waals surface area (Å²) in [6.45, 7) is 0. The van der Waals surface area contributed by atoms with Crippen molar-refractivity contribution in [2.45, 2.75) is 50.5 Å². The zero-order valence-electron chi connectivity index (χ0n) is 17.4. The third-order valence-electron chi connectivity index (χ3n) is 6.54. The van der Waals surface area contributed by atoms with Crippen molar-refractivity contribution < 1.29 is 0 Å². The van der Waals surface area contributed by atoms with E-state index in [-0.39, 0.29) is 0 Å². The number of benzene rings is 2. The molecule has 0 radical (unpaired) electrons. The molecule has 152 valence electrons. The molecule has 1 aliphatic carbocycles. The van der Waals surface area contributed by atoms with Crippen molar-refractivity contribution in [2.24, 2.45) is 0 Å². The van der Waals surface area contributed by atoms with E-state index in [1.165, 1.54) is 59.1 Å². The predicted octanol–water partition coefficient (Wildman–Crippen LogP) is 6.49. The molecule has 0 amide bonds. The second kappa shape index (κ2) is 8.74. The van der Waals surface area contributed by atoms with Crippen LogP contribution in [0.25, 0.3) is 10.9 Å². The van der Waals surface area contributed by atoms with Gasteiger partial charge in [0, 0.05) is 40.7 Å². The summed E-state index contributed by atoms with van der Waals surface area (Å²) in [5, 5.41) is 5.12. The predicted molar refractivity (Wildman–Crippen MR) is 125 cm³/mol. The fourth-order valence-corrected chi connectivity index (χ4v) is 4.95.